The molecule has 0 spiro atoms. The molecule has 1 aromatic heterocycles. The summed E-state index contributed by atoms with van der Waals surface area (Å²) in [5.41, 5.74) is 2.64. The fourth-order valence-electron chi connectivity index (χ4n) is 2.68. The summed E-state index contributed by atoms with van der Waals surface area (Å²) in [6, 6.07) is 15.2. The molecule has 3 aromatic rings. The number of ether oxygens (including phenoxy) is 1. The van der Waals surface area contributed by atoms with E-state index in [9.17, 15) is 9.59 Å². The van der Waals surface area contributed by atoms with E-state index in [4.69, 9.17) is 4.74 Å². The average Bonchev–Trinajstić information content (AvgIpc) is 3.11. The zero-order valence-electron chi connectivity index (χ0n) is 15.9. The molecule has 3 rings (SSSR count). The number of hydrogen-bond donors (Lipinski definition) is 2. The van der Waals surface area contributed by atoms with Crippen LogP contribution in [-0.2, 0) is 20.9 Å². The molecule has 1 unspecified atom stereocenters. The first-order valence-electron chi connectivity index (χ1n) is 9.16. The van der Waals surface area contributed by atoms with Gasteiger partial charge in [0.25, 0.3) is 0 Å². The maximum Gasteiger partial charge on any atom is 0.246 e. The number of nitrogens with one attached hydrogen (secondary N) is 2. The maximum atomic E-state index is 12.1. The number of carbonyl (C=O) groups is 2. The van der Waals surface area contributed by atoms with Gasteiger partial charge in [0.1, 0.15) is 11.6 Å². The molecule has 146 valence electrons. The van der Waals surface area contributed by atoms with Gasteiger partial charge in [-0.25, -0.2) is 4.98 Å². The molecule has 0 fully saturated rings. The van der Waals surface area contributed by atoms with Crippen molar-refractivity contribution < 1.29 is 14.3 Å². The second-order valence-electron chi connectivity index (χ2n) is 6.38. The van der Waals surface area contributed by atoms with Crippen molar-refractivity contribution in [2.24, 2.45) is 0 Å². The van der Waals surface area contributed by atoms with E-state index in [0.29, 0.717) is 13.0 Å². The molecular formula is C21H23N3O3S. The Balaban J connectivity index is 1.45. The number of benzene rings is 2. The van der Waals surface area contributed by atoms with E-state index in [1.54, 1.807) is 18.3 Å². The molecule has 2 N–H and O–H groups in total. The number of anilines is 1. The topological polar surface area (TPSA) is 80.3 Å². The predicted molar refractivity (Wildman–Crippen MR) is 111 cm³/mol. The minimum absolute atomic E-state index is 0.0229. The van der Waals surface area contributed by atoms with E-state index < -0.39 is 0 Å². The van der Waals surface area contributed by atoms with Gasteiger partial charge >= 0.3 is 0 Å². The van der Waals surface area contributed by atoms with E-state index in [1.807, 2.05) is 55.5 Å². The van der Waals surface area contributed by atoms with Crippen LogP contribution in [0.5, 0.6) is 0 Å². The Hall–Kier alpha value is -2.77. The van der Waals surface area contributed by atoms with Crippen LogP contribution < -0.4 is 10.6 Å². The summed E-state index contributed by atoms with van der Waals surface area (Å²) in [6.07, 6.45) is 0.436. The van der Waals surface area contributed by atoms with Crippen LogP contribution in [0.15, 0.2) is 48.5 Å². The molecule has 2 amide bonds. The summed E-state index contributed by atoms with van der Waals surface area (Å²) in [7, 11) is 0. The SMILES string of the molecule is CCC(=O)Nc1ccc(C(C)NC(=O)COCc2nc3ccccc3s2)cc1. The lowest BCUT2D eigenvalue weighted by Gasteiger charge is -2.15. The number of para-hydroxylation sites is 1. The molecule has 6 nitrogen and oxygen atoms in total. The second-order valence-corrected chi connectivity index (χ2v) is 7.50. The summed E-state index contributed by atoms with van der Waals surface area (Å²) in [5, 5.41) is 6.57. The van der Waals surface area contributed by atoms with E-state index in [1.165, 1.54) is 0 Å². The van der Waals surface area contributed by atoms with Gasteiger partial charge in [0.05, 0.1) is 22.9 Å². The Labute approximate surface area is 167 Å². The fourth-order valence-corrected chi connectivity index (χ4v) is 3.59. The van der Waals surface area contributed by atoms with Gasteiger partial charge in [-0.15, -0.1) is 11.3 Å². The average molecular weight is 398 g/mol. The van der Waals surface area contributed by atoms with Crippen molar-refractivity contribution in [2.75, 3.05) is 11.9 Å². The van der Waals surface area contributed by atoms with Gasteiger partial charge in [0.2, 0.25) is 11.8 Å². The molecule has 2 aromatic carbocycles. The third-order valence-corrected chi connectivity index (χ3v) is 5.20. The minimum Gasteiger partial charge on any atom is -0.364 e. The van der Waals surface area contributed by atoms with Gasteiger partial charge in [-0.05, 0) is 36.8 Å². The Kier molecular flexibility index (Phi) is 6.73. The molecule has 0 bridgehead atoms. The standard InChI is InChI=1S/C21H23N3O3S/c1-3-19(25)23-16-10-8-15(9-11-16)14(2)22-20(26)12-27-13-21-24-17-6-4-5-7-18(17)28-21/h4-11,14H,3,12-13H2,1-2H3,(H,22,26)(H,23,25). The normalized spacial score (nSPS) is 11.9. The zero-order chi connectivity index (χ0) is 19.9. The third-order valence-electron chi connectivity index (χ3n) is 4.19. The van der Waals surface area contributed by atoms with Gasteiger partial charge in [-0.2, -0.15) is 0 Å². The Bertz CT molecular complexity index is 920. The molecule has 0 radical (unpaired) electrons. The summed E-state index contributed by atoms with van der Waals surface area (Å²) < 4.78 is 6.62. The van der Waals surface area contributed by atoms with Gasteiger partial charge < -0.3 is 15.4 Å². The molecule has 0 aliphatic carbocycles. The number of rotatable bonds is 8. The third kappa shape index (κ3) is 5.37. The second kappa shape index (κ2) is 9.43. The van der Waals surface area contributed by atoms with Crippen molar-refractivity contribution >= 4 is 39.1 Å². The fraction of sp³-hybridized carbons (Fsp3) is 0.286. The highest BCUT2D eigenvalue weighted by atomic mass is 32.1. The summed E-state index contributed by atoms with van der Waals surface area (Å²) in [6.45, 7) is 4.00. The minimum atomic E-state index is -0.183. The van der Waals surface area contributed by atoms with Crippen LogP contribution in [0.1, 0.15) is 36.9 Å². The van der Waals surface area contributed by atoms with Gasteiger partial charge in [-0.3, -0.25) is 9.59 Å². The molecule has 0 saturated carbocycles. The van der Waals surface area contributed by atoms with Crippen LogP contribution in [0.25, 0.3) is 10.2 Å². The number of aromatic nitrogens is 1. The quantitative estimate of drug-likeness (QED) is 0.601. The van der Waals surface area contributed by atoms with Crippen LogP contribution in [-0.4, -0.2) is 23.4 Å². The van der Waals surface area contributed by atoms with Crippen molar-refractivity contribution in [3.63, 3.8) is 0 Å². The molecule has 0 aliphatic heterocycles. The first kappa shape index (κ1) is 20.0. The lowest BCUT2D eigenvalue weighted by molar-refractivity contribution is -0.126. The van der Waals surface area contributed by atoms with Gasteiger partial charge in [0.15, 0.2) is 0 Å². The van der Waals surface area contributed by atoms with Crippen LogP contribution >= 0.6 is 11.3 Å². The first-order chi connectivity index (χ1) is 13.5. The highest BCUT2D eigenvalue weighted by molar-refractivity contribution is 7.18. The smallest absolute Gasteiger partial charge is 0.246 e. The largest absolute Gasteiger partial charge is 0.364 e. The molecule has 0 aliphatic rings. The number of carbonyl (C=O) groups excluding carboxylic acids is 2. The molecule has 7 heteroatoms. The number of fused-ring (bicyclic) bond motifs is 1. The van der Waals surface area contributed by atoms with E-state index in [-0.39, 0.29) is 24.5 Å². The van der Waals surface area contributed by atoms with Gasteiger partial charge in [-0.1, -0.05) is 31.2 Å². The maximum absolute atomic E-state index is 12.1. The number of amides is 2. The monoisotopic (exact) mass is 397 g/mol. The lowest BCUT2D eigenvalue weighted by Crippen LogP contribution is -2.30. The number of hydrogen-bond acceptors (Lipinski definition) is 5. The highest BCUT2D eigenvalue weighted by Crippen LogP contribution is 2.22. The highest BCUT2D eigenvalue weighted by Gasteiger charge is 2.11. The Morgan fingerprint density at radius 2 is 1.86 bits per heavy atom. The van der Waals surface area contributed by atoms with Crippen molar-refractivity contribution in [1.82, 2.24) is 10.3 Å². The first-order valence-corrected chi connectivity index (χ1v) is 9.98. The summed E-state index contributed by atoms with van der Waals surface area (Å²) >= 11 is 1.57. The van der Waals surface area contributed by atoms with E-state index in [2.05, 4.69) is 15.6 Å². The molecular weight excluding hydrogens is 374 g/mol. The van der Waals surface area contributed by atoms with Crippen LogP contribution in [0, 0.1) is 0 Å². The zero-order valence-corrected chi connectivity index (χ0v) is 16.7. The van der Waals surface area contributed by atoms with Crippen LogP contribution in [0.4, 0.5) is 5.69 Å². The Morgan fingerprint density at radius 3 is 2.57 bits per heavy atom. The van der Waals surface area contributed by atoms with Crippen LogP contribution in [0.2, 0.25) is 0 Å². The van der Waals surface area contributed by atoms with E-state index >= 15 is 0 Å². The van der Waals surface area contributed by atoms with Crippen molar-refractivity contribution in [3.8, 4) is 0 Å². The lowest BCUT2D eigenvalue weighted by atomic mass is 10.1. The molecule has 1 atom stereocenters. The molecule has 0 saturated heterocycles. The van der Waals surface area contributed by atoms with Crippen molar-refractivity contribution in [3.05, 3.63) is 59.1 Å². The van der Waals surface area contributed by atoms with E-state index in [0.717, 1.165) is 26.5 Å². The van der Waals surface area contributed by atoms with Crippen LogP contribution in [0.3, 0.4) is 0 Å². The summed E-state index contributed by atoms with van der Waals surface area (Å²) in [5.74, 6) is -0.212. The van der Waals surface area contributed by atoms with Crippen molar-refractivity contribution in [1.29, 1.82) is 0 Å². The molecule has 28 heavy (non-hydrogen) atoms. The summed E-state index contributed by atoms with van der Waals surface area (Å²) in [4.78, 5) is 28.0. The molecule has 1 heterocycles. The van der Waals surface area contributed by atoms with Crippen molar-refractivity contribution in [2.45, 2.75) is 32.9 Å². The van der Waals surface area contributed by atoms with Gasteiger partial charge in [0, 0.05) is 12.1 Å². The Morgan fingerprint density at radius 1 is 1.11 bits per heavy atom. The number of nitrogens with zero attached hydrogens (tertiary/aromatic N) is 1. The predicted octanol–water partition coefficient (Wildman–Crippen LogP) is 4.04. The number of thiazole rings is 1.